The molecular weight excluding hydrogens is 238 g/mol. The molecule has 0 heterocycles. The van der Waals surface area contributed by atoms with Crippen molar-refractivity contribution < 1.29 is 19.0 Å². The Labute approximate surface area is 106 Å². The molecule has 2 N–H and O–H groups in total. The Bertz CT molecular complexity index is 378. The van der Waals surface area contributed by atoms with Crippen LogP contribution in [0.2, 0.25) is 0 Å². The van der Waals surface area contributed by atoms with E-state index in [9.17, 15) is 19.0 Å². The summed E-state index contributed by atoms with van der Waals surface area (Å²) in [5.41, 5.74) is 0.0903. The molecule has 2 unspecified atom stereocenters. The molecule has 0 aliphatic heterocycles. The maximum Gasteiger partial charge on any atom is 0.162 e. The Morgan fingerprint density at radius 3 is 2.28 bits per heavy atom. The van der Waals surface area contributed by atoms with Crippen molar-refractivity contribution in [3.05, 3.63) is 35.4 Å². The van der Waals surface area contributed by atoms with E-state index in [1.807, 2.05) is 13.8 Å². The van der Waals surface area contributed by atoms with E-state index < -0.39 is 23.8 Å². The van der Waals surface area contributed by atoms with Crippen molar-refractivity contribution in [2.45, 2.75) is 45.3 Å². The zero-order valence-electron chi connectivity index (χ0n) is 10.7. The molecule has 2 nitrogen and oxygen atoms in total. The minimum atomic E-state index is -1.08. The van der Waals surface area contributed by atoms with Gasteiger partial charge in [-0.3, -0.25) is 0 Å². The molecule has 18 heavy (non-hydrogen) atoms. The molecule has 0 amide bonds. The van der Waals surface area contributed by atoms with Crippen molar-refractivity contribution in [1.29, 1.82) is 0 Å². The van der Waals surface area contributed by atoms with Gasteiger partial charge in [-0.05, 0) is 17.5 Å². The van der Waals surface area contributed by atoms with Gasteiger partial charge in [-0.1, -0.05) is 38.8 Å². The highest BCUT2D eigenvalue weighted by Gasteiger charge is 2.25. The van der Waals surface area contributed by atoms with Gasteiger partial charge in [-0.15, -0.1) is 0 Å². The maximum atomic E-state index is 13.4. The summed E-state index contributed by atoms with van der Waals surface area (Å²) in [5.74, 6) is -1.92. The van der Waals surface area contributed by atoms with Crippen LogP contribution < -0.4 is 0 Å². The predicted molar refractivity (Wildman–Crippen MR) is 66.1 cm³/mol. The number of hydrogen-bond acceptors (Lipinski definition) is 2. The first-order valence-electron chi connectivity index (χ1n) is 6.30. The summed E-state index contributed by atoms with van der Waals surface area (Å²) in [6.07, 6.45) is -0.601. The summed E-state index contributed by atoms with van der Waals surface area (Å²) < 4.78 is 26.4. The van der Waals surface area contributed by atoms with Crippen LogP contribution in [0.25, 0.3) is 0 Å². The van der Waals surface area contributed by atoms with E-state index in [2.05, 4.69) is 0 Å². The fourth-order valence-corrected chi connectivity index (χ4v) is 2.14. The zero-order chi connectivity index (χ0) is 13.7. The van der Waals surface area contributed by atoms with Crippen LogP contribution in [0.5, 0.6) is 0 Å². The number of benzene rings is 1. The molecule has 4 heteroatoms. The van der Waals surface area contributed by atoms with Crippen LogP contribution in [0.3, 0.4) is 0 Å². The molecule has 0 saturated heterocycles. The van der Waals surface area contributed by atoms with E-state index in [1.165, 1.54) is 12.1 Å². The van der Waals surface area contributed by atoms with Crippen molar-refractivity contribution in [3.63, 3.8) is 0 Å². The van der Waals surface area contributed by atoms with Crippen LogP contribution in [0, 0.1) is 17.6 Å². The summed E-state index contributed by atoms with van der Waals surface area (Å²) in [4.78, 5) is 0. The summed E-state index contributed by atoms with van der Waals surface area (Å²) >= 11 is 0. The van der Waals surface area contributed by atoms with Crippen LogP contribution in [0.1, 0.15) is 32.3 Å². The van der Waals surface area contributed by atoms with Gasteiger partial charge in [0, 0.05) is 6.42 Å². The van der Waals surface area contributed by atoms with Crippen LogP contribution in [0.4, 0.5) is 8.78 Å². The molecule has 2 atom stereocenters. The standard InChI is InChI=1S/C14H20F2O2/c1-3-9(4-2)14(18)12(17)8-10-6-5-7-11(15)13(10)16/h5-7,9,12,14,17-18H,3-4,8H2,1-2H3. The number of hydrogen-bond donors (Lipinski definition) is 2. The van der Waals surface area contributed by atoms with Crippen molar-refractivity contribution >= 4 is 0 Å². The Hall–Kier alpha value is -1.00. The highest BCUT2D eigenvalue weighted by atomic mass is 19.2. The van der Waals surface area contributed by atoms with E-state index in [-0.39, 0.29) is 17.9 Å². The second-order valence-electron chi connectivity index (χ2n) is 4.55. The second kappa shape index (κ2) is 6.81. The first-order valence-corrected chi connectivity index (χ1v) is 6.30. The van der Waals surface area contributed by atoms with Crippen molar-refractivity contribution in [2.75, 3.05) is 0 Å². The smallest absolute Gasteiger partial charge is 0.162 e. The van der Waals surface area contributed by atoms with E-state index in [1.54, 1.807) is 0 Å². The average molecular weight is 258 g/mol. The van der Waals surface area contributed by atoms with Gasteiger partial charge in [0.1, 0.15) is 0 Å². The Kier molecular flexibility index (Phi) is 5.69. The number of rotatable bonds is 6. The monoisotopic (exact) mass is 258 g/mol. The average Bonchev–Trinajstić information content (AvgIpc) is 2.36. The van der Waals surface area contributed by atoms with Gasteiger partial charge in [0.2, 0.25) is 0 Å². The quantitative estimate of drug-likeness (QED) is 0.823. The van der Waals surface area contributed by atoms with E-state index in [0.717, 1.165) is 18.9 Å². The summed E-state index contributed by atoms with van der Waals surface area (Å²) in [6, 6.07) is 3.84. The van der Waals surface area contributed by atoms with E-state index >= 15 is 0 Å². The molecule has 0 aliphatic carbocycles. The molecule has 0 aromatic heterocycles. The third-order valence-corrected chi connectivity index (χ3v) is 3.39. The highest BCUT2D eigenvalue weighted by Crippen LogP contribution is 2.20. The van der Waals surface area contributed by atoms with Gasteiger partial charge in [0.25, 0.3) is 0 Å². The molecule has 102 valence electrons. The minimum absolute atomic E-state index is 0.0309. The van der Waals surface area contributed by atoms with Gasteiger partial charge >= 0.3 is 0 Å². The fourth-order valence-electron chi connectivity index (χ4n) is 2.14. The molecule has 1 rings (SSSR count). The molecule has 0 saturated carbocycles. The third kappa shape index (κ3) is 3.50. The van der Waals surface area contributed by atoms with Crippen molar-refractivity contribution in [3.8, 4) is 0 Å². The van der Waals surface area contributed by atoms with E-state index in [0.29, 0.717) is 0 Å². The van der Waals surface area contributed by atoms with Crippen LogP contribution in [-0.4, -0.2) is 22.4 Å². The van der Waals surface area contributed by atoms with Crippen LogP contribution in [-0.2, 0) is 6.42 Å². The minimum Gasteiger partial charge on any atom is -0.390 e. The lowest BCUT2D eigenvalue weighted by Gasteiger charge is -2.25. The normalized spacial score (nSPS) is 14.8. The summed E-state index contributed by atoms with van der Waals surface area (Å²) in [7, 11) is 0. The van der Waals surface area contributed by atoms with Gasteiger partial charge in [0.15, 0.2) is 11.6 Å². The Morgan fingerprint density at radius 2 is 1.72 bits per heavy atom. The largest absolute Gasteiger partial charge is 0.390 e. The van der Waals surface area contributed by atoms with E-state index in [4.69, 9.17) is 0 Å². The molecule has 1 aromatic rings. The topological polar surface area (TPSA) is 40.5 Å². The molecule has 1 aromatic carbocycles. The van der Waals surface area contributed by atoms with Gasteiger partial charge in [-0.2, -0.15) is 0 Å². The number of halogens is 2. The molecule has 0 aliphatic rings. The Morgan fingerprint density at radius 1 is 1.11 bits per heavy atom. The molecule has 0 bridgehead atoms. The lowest BCUT2D eigenvalue weighted by atomic mass is 9.90. The van der Waals surface area contributed by atoms with Crippen molar-refractivity contribution in [1.82, 2.24) is 0 Å². The fraction of sp³-hybridized carbons (Fsp3) is 0.571. The zero-order valence-corrected chi connectivity index (χ0v) is 10.7. The predicted octanol–water partition coefficient (Wildman–Crippen LogP) is 2.67. The van der Waals surface area contributed by atoms with Crippen molar-refractivity contribution in [2.24, 2.45) is 5.92 Å². The van der Waals surface area contributed by atoms with Gasteiger partial charge in [-0.25, -0.2) is 8.78 Å². The summed E-state index contributed by atoms with van der Waals surface area (Å²) in [6.45, 7) is 3.85. The maximum absolute atomic E-state index is 13.4. The first-order chi connectivity index (χ1) is 8.51. The first kappa shape index (κ1) is 15.1. The number of aliphatic hydroxyl groups is 2. The molecular formula is C14H20F2O2. The molecule has 0 fully saturated rings. The van der Waals surface area contributed by atoms with Gasteiger partial charge < -0.3 is 10.2 Å². The SMILES string of the molecule is CCC(CC)C(O)C(O)Cc1cccc(F)c1F. The number of aliphatic hydroxyl groups excluding tert-OH is 2. The third-order valence-electron chi connectivity index (χ3n) is 3.39. The second-order valence-corrected chi connectivity index (χ2v) is 4.55. The molecule has 0 spiro atoms. The lowest BCUT2D eigenvalue weighted by Crippen LogP contribution is -2.34. The molecule has 0 radical (unpaired) electrons. The van der Waals surface area contributed by atoms with Crippen LogP contribution in [0.15, 0.2) is 18.2 Å². The van der Waals surface area contributed by atoms with Crippen LogP contribution >= 0.6 is 0 Å². The summed E-state index contributed by atoms with van der Waals surface area (Å²) in [5, 5.41) is 19.8. The highest BCUT2D eigenvalue weighted by molar-refractivity contribution is 5.19. The van der Waals surface area contributed by atoms with Gasteiger partial charge in [0.05, 0.1) is 12.2 Å². The Balaban J connectivity index is 2.75. The lowest BCUT2D eigenvalue weighted by molar-refractivity contribution is -0.0191.